The van der Waals surface area contributed by atoms with Gasteiger partial charge in [-0.15, -0.1) is 0 Å². The van der Waals surface area contributed by atoms with E-state index < -0.39 is 0 Å². The zero-order valence-electron chi connectivity index (χ0n) is 9.16. The number of nitrogens with zero attached hydrogens (tertiary/aromatic N) is 1. The van der Waals surface area contributed by atoms with Crippen molar-refractivity contribution in [1.82, 2.24) is 0 Å². The third kappa shape index (κ3) is 2.75. The van der Waals surface area contributed by atoms with E-state index in [-0.39, 0.29) is 0 Å². The number of aryl methyl sites for hydroxylation is 1. The van der Waals surface area contributed by atoms with Crippen molar-refractivity contribution < 1.29 is 0 Å². The molecule has 1 aromatic rings. The average molecular weight is 220 g/mol. The zero-order chi connectivity index (χ0) is 10.7. The van der Waals surface area contributed by atoms with Crippen molar-refractivity contribution in [3.8, 4) is 0 Å². The van der Waals surface area contributed by atoms with E-state index in [0.29, 0.717) is 6.04 Å². The normalized spacial score (nSPS) is 20.1. The first-order chi connectivity index (χ1) is 7.28. The maximum absolute atomic E-state index is 4.60. The minimum Gasteiger partial charge on any atom is -0.335 e. The topological polar surface area (TPSA) is 24.4 Å². The Balaban J connectivity index is 2.03. The van der Waals surface area contributed by atoms with Crippen LogP contribution < -0.4 is 5.32 Å². The molecule has 3 heteroatoms. The van der Waals surface area contributed by atoms with E-state index in [0.717, 1.165) is 23.0 Å². The average Bonchev–Trinajstić information content (AvgIpc) is 2.65. The molecule has 0 amide bonds. The predicted molar refractivity (Wildman–Crippen MR) is 68.8 cm³/mol. The van der Waals surface area contributed by atoms with Crippen molar-refractivity contribution in [3.63, 3.8) is 0 Å². The Morgan fingerprint density at radius 2 is 2.40 bits per heavy atom. The van der Waals surface area contributed by atoms with Gasteiger partial charge in [0.1, 0.15) is 0 Å². The predicted octanol–water partition coefficient (Wildman–Crippen LogP) is 3.29. The largest absolute Gasteiger partial charge is 0.335 e. The molecule has 1 atom stereocenters. The number of aliphatic imine (C=N–C) groups is 1. The van der Waals surface area contributed by atoms with Gasteiger partial charge < -0.3 is 5.32 Å². The maximum atomic E-state index is 4.60. The molecule has 1 aliphatic rings. The Bertz CT molecular complexity index is 374. The summed E-state index contributed by atoms with van der Waals surface area (Å²) in [5.41, 5.74) is 2.41. The van der Waals surface area contributed by atoms with Gasteiger partial charge in [-0.25, -0.2) is 0 Å². The number of anilines is 1. The lowest BCUT2D eigenvalue weighted by molar-refractivity contribution is 0.738. The first-order valence-corrected chi connectivity index (χ1v) is 6.31. The molecule has 2 rings (SSSR count). The number of benzene rings is 1. The van der Waals surface area contributed by atoms with Crippen LogP contribution in [0.1, 0.15) is 18.9 Å². The van der Waals surface area contributed by atoms with Gasteiger partial charge in [0.25, 0.3) is 0 Å². The standard InChI is InChI=1S/C12H16N2S/c1-3-10-8-15-12(13-10)14-11-6-4-5-9(2)7-11/h4-7,10H,3,8H2,1-2H3,(H,13,14)/t10-/m1/s1. The molecule has 1 heterocycles. The van der Waals surface area contributed by atoms with Crippen LogP contribution in [0.15, 0.2) is 29.3 Å². The maximum Gasteiger partial charge on any atom is 0.161 e. The molecule has 15 heavy (non-hydrogen) atoms. The van der Waals surface area contributed by atoms with Crippen LogP contribution in [-0.4, -0.2) is 17.0 Å². The molecular formula is C12H16N2S. The molecule has 1 N–H and O–H groups in total. The van der Waals surface area contributed by atoms with Gasteiger partial charge >= 0.3 is 0 Å². The van der Waals surface area contributed by atoms with Gasteiger partial charge in [0, 0.05) is 11.4 Å². The molecule has 1 aliphatic heterocycles. The first-order valence-electron chi connectivity index (χ1n) is 5.32. The van der Waals surface area contributed by atoms with E-state index in [4.69, 9.17) is 0 Å². The highest BCUT2D eigenvalue weighted by Crippen LogP contribution is 2.22. The third-order valence-corrected chi connectivity index (χ3v) is 3.49. The minimum absolute atomic E-state index is 0.502. The Kier molecular flexibility index (Phi) is 3.31. The summed E-state index contributed by atoms with van der Waals surface area (Å²) < 4.78 is 0. The van der Waals surface area contributed by atoms with Crippen molar-refractivity contribution in [2.75, 3.05) is 11.1 Å². The summed E-state index contributed by atoms with van der Waals surface area (Å²) in [5, 5.41) is 4.42. The second kappa shape index (κ2) is 4.71. The summed E-state index contributed by atoms with van der Waals surface area (Å²) in [6, 6.07) is 8.89. The Hall–Kier alpha value is -0.960. The van der Waals surface area contributed by atoms with Crippen LogP contribution in [0.4, 0.5) is 5.69 Å². The zero-order valence-corrected chi connectivity index (χ0v) is 9.97. The molecule has 2 nitrogen and oxygen atoms in total. The fourth-order valence-corrected chi connectivity index (χ4v) is 2.61. The van der Waals surface area contributed by atoms with Crippen LogP contribution in [0.2, 0.25) is 0 Å². The van der Waals surface area contributed by atoms with Gasteiger partial charge in [-0.3, -0.25) is 4.99 Å². The van der Waals surface area contributed by atoms with Crippen molar-refractivity contribution >= 4 is 22.6 Å². The molecule has 0 fully saturated rings. The van der Waals surface area contributed by atoms with Gasteiger partial charge in [0.05, 0.1) is 6.04 Å². The van der Waals surface area contributed by atoms with Crippen molar-refractivity contribution in [3.05, 3.63) is 29.8 Å². The summed E-state index contributed by atoms with van der Waals surface area (Å²) in [7, 11) is 0. The van der Waals surface area contributed by atoms with Crippen LogP contribution >= 0.6 is 11.8 Å². The third-order valence-electron chi connectivity index (χ3n) is 2.45. The van der Waals surface area contributed by atoms with Crippen LogP contribution in [0.5, 0.6) is 0 Å². The van der Waals surface area contributed by atoms with E-state index in [1.54, 1.807) is 0 Å². The molecule has 0 saturated carbocycles. The second-order valence-corrected chi connectivity index (χ2v) is 4.81. The highest BCUT2D eigenvalue weighted by atomic mass is 32.2. The van der Waals surface area contributed by atoms with E-state index in [1.807, 2.05) is 11.8 Å². The summed E-state index contributed by atoms with van der Waals surface area (Å²) in [5.74, 6) is 1.12. The molecule has 0 radical (unpaired) electrons. The fourth-order valence-electron chi connectivity index (χ4n) is 1.54. The molecule has 0 aliphatic carbocycles. The summed E-state index contributed by atoms with van der Waals surface area (Å²) in [6.45, 7) is 4.29. The lowest BCUT2D eigenvalue weighted by atomic mass is 10.2. The van der Waals surface area contributed by atoms with Crippen molar-refractivity contribution in [2.45, 2.75) is 26.3 Å². The van der Waals surface area contributed by atoms with Crippen molar-refractivity contribution in [1.29, 1.82) is 0 Å². The molecule has 0 saturated heterocycles. The smallest absolute Gasteiger partial charge is 0.161 e. The monoisotopic (exact) mass is 220 g/mol. The van der Waals surface area contributed by atoms with Gasteiger partial charge in [-0.05, 0) is 31.0 Å². The number of rotatable bonds is 2. The van der Waals surface area contributed by atoms with E-state index in [1.165, 1.54) is 5.56 Å². The van der Waals surface area contributed by atoms with E-state index in [2.05, 4.69) is 48.4 Å². The number of thioether (sulfide) groups is 1. The highest BCUT2D eigenvalue weighted by Gasteiger charge is 2.16. The molecule has 1 aromatic carbocycles. The van der Waals surface area contributed by atoms with Gasteiger partial charge in [-0.2, -0.15) is 0 Å². The van der Waals surface area contributed by atoms with Crippen LogP contribution in [0, 0.1) is 6.92 Å². The molecule has 0 aromatic heterocycles. The molecule has 0 bridgehead atoms. The summed E-state index contributed by atoms with van der Waals surface area (Å²) in [4.78, 5) is 4.60. The number of nitrogens with one attached hydrogen (secondary N) is 1. The number of hydrogen-bond acceptors (Lipinski definition) is 3. The van der Waals surface area contributed by atoms with Crippen LogP contribution in [-0.2, 0) is 0 Å². The Morgan fingerprint density at radius 1 is 1.53 bits per heavy atom. The molecule has 80 valence electrons. The number of amidine groups is 1. The van der Waals surface area contributed by atoms with Gasteiger partial charge in [0.15, 0.2) is 5.17 Å². The lowest BCUT2D eigenvalue weighted by Gasteiger charge is -2.05. The summed E-state index contributed by atoms with van der Waals surface area (Å²) >= 11 is 1.81. The number of hydrogen-bond donors (Lipinski definition) is 1. The lowest BCUT2D eigenvalue weighted by Crippen LogP contribution is -2.05. The van der Waals surface area contributed by atoms with Crippen LogP contribution in [0.25, 0.3) is 0 Å². The summed E-state index contributed by atoms with van der Waals surface area (Å²) in [6.07, 6.45) is 1.13. The Morgan fingerprint density at radius 3 is 3.07 bits per heavy atom. The highest BCUT2D eigenvalue weighted by molar-refractivity contribution is 8.14. The SMILES string of the molecule is CC[C@@H]1CSC(Nc2cccc(C)c2)=N1. The fraction of sp³-hybridized carbons (Fsp3) is 0.417. The molecule has 0 spiro atoms. The van der Waals surface area contributed by atoms with E-state index in [9.17, 15) is 0 Å². The van der Waals surface area contributed by atoms with Gasteiger partial charge in [-0.1, -0.05) is 30.8 Å². The first kappa shape index (κ1) is 10.6. The molecular weight excluding hydrogens is 204 g/mol. The Labute approximate surface area is 95.2 Å². The van der Waals surface area contributed by atoms with Gasteiger partial charge in [0.2, 0.25) is 0 Å². The second-order valence-electron chi connectivity index (χ2n) is 3.80. The van der Waals surface area contributed by atoms with Crippen molar-refractivity contribution in [2.24, 2.45) is 4.99 Å². The molecule has 0 unspecified atom stereocenters. The van der Waals surface area contributed by atoms with E-state index >= 15 is 0 Å². The minimum atomic E-state index is 0.502. The van der Waals surface area contributed by atoms with Crippen LogP contribution in [0.3, 0.4) is 0 Å². The quantitative estimate of drug-likeness (QED) is 0.827.